The zero-order valence-electron chi connectivity index (χ0n) is 13.2. The zero-order chi connectivity index (χ0) is 15.4. The van der Waals surface area contributed by atoms with Crippen molar-refractivity contribution in [2.75, 3.05) is 33.4 Å². The summed E-state index contributed by atoms with van der Waals surface area (Å²) >= 11 is 0. The molecule has 2 rings (SSSR count). The highest BCUT2D eigenvalue weighted by atomic mass is 16.5. The molecule has 0 aromatic carbocycles. The maximum atomic E-state index is 12.6. The Bertz CT molecular complexity index is 378. The van der Waals surface area contributed by atoms with Gasteiger partial charge in [0.15, 0.2) is 0 Å². The Morgan fingerprint density at radius 3 is 2.52 bits per heavy atom. The third-order valence-electron chi connectivity index (χ3n) is 4.53. The molecule has 1 amide bonds. The van der Waals surface area contributed by atoms with E-state index in [1.54, 1.807) is 0 Å². The zero-order valence-corrected chi connectivity index (χ0v) is 13.2. The number of likely N-dealkylation sites (tertiary alicyclic amines) is 1. The fourth-order valence-corrected chi connectivity index (χ4v) is 3.35. The van der Waals surface area contributed by atoms with E-state index in [1.807, 2.05) is 9.80 Å². The van der Waals surface area contributed by atoms with Crippen LogP contribution in [0.2, 0.25) is 0 Å². The number of esters is 1. The van der Waals surface area contributed by atoms with Crippen LogP contribution in [0.15, 0.2) is 0 Å². The fraction of sp³-hybridized carbons (Fsp3) is 0.867. The van der Waals surface area contributed by atoms with Crippen LogP contribution in [0.1, 0.15) is 33.1 Å². The van der Waals surface area contributed by atoms with Crippen LogP contribution in [0.3, 0.4) is 0 Å². The quantitative estimate of drug-likeness (QED) is 0.716. The van der Waals surface area contributed by atoms with Crippen LogP contribution in [0.5, 0.6) is 0 Å². The molecule has 0 aliphatic carbocycles. The van der Waals surface area contributed by atoms with E-state index in [0.29, 0.717) is 19.8 Å². The molecule has 2 heterocycles. The van der Waals surface area contributed by atoms with Crippen LogP contribution < -0.4 is 0 Å². The minimum Gasteiger partial charge on any atom is -0.468 e. The molecule has 3 unspecified atom stereocenters. The van der Waals surface area contributed by atoms with E-state index in [0.717, 1.165) is 12.8 Å². The van der Waals surface area contributed by atoms with Gasteiger partial charge in [0.1, 0.15) is 6.04 Å². The van der Waals surface area contributed by atoms with Gasteiger partial charge in [-0.25, -0.2) is 0 Å². The topological polar surface area (TPSA) is 59.1 Å². The molecule has 0 radical (unpaired) electrons. The van der Waals surface area contributed by atoms with Crippen molar-refractivity contribution in [3.8, 4) is 0 Å². The lowest BCUT2D eigenvalue weighted by Gasteiger charge is -2.41. The lowest BCUT2D eigenvalue weighted by Crippen LogP contribution is -2.56. The van der Waals surface area contributed by atoms with E-state index in [4.69, 9.17) is 9.47 Å². The summed E-state index contributed by atoms with van der Waals surface area (Å²) in [7, 11) is 1.37. The average Bonchev–Trinajstić information content (AvgIpc) is 2.47. The molecule has 2 aliphatic rings. The summed E-state index contributed by atoms with van der Waals surface area (Å²) in [6, 6.07) is 0.0841. The van der Waals surface area contributed by atoms with E-state index in [-0.39, 0.29) is 30.5 Å². The second-order valence-corrected chi connectivity index (χ2v) is 6.01. The normalized spacial score (nSPS) is 31.0. The molecule has 3 atom stereocenters. The van der Waals surface area contributed by atoms with Gasteiger partial charge in [-0.15, -0.1) is 0 Å². The second kappa shape index (κ2) is 7.22. The molecule has 0 aromatic heterocycles. The van der Waals surface area contributed by atoms with Crippen LogP contribution in [0.4, 0.5) is 0 Å². The minimum absolute atomic E-state index is 0.102. The highest BCUT2D eigenvalue weighted by Gasteiger charge is 2.35. The summed E-state index contributed by atoms with van der Waals surface area (Å²) in [4.78, 5) is 28.3. The van der Waals surface area contributed by atoms with Gasteiger partial charge in [-0.2, -0.15) is 0 Å². The Morgan fingerprint density at radius 2 is 1.90 bits per heavy atom. The van der Waals surface area contributed by atoms with Crippen molar-refractivity contribution in [2.24, 2.45) is 0 Å². The Kier molecular flexibility index (Phi) is 5.58. The van der Waals surface area contributed by atoms with E-state index >= 15 is 0 Å². The van der Waals surface area contributed by atoms with Gasteiger partial charge in [-0.1, -0.05) is 0 Å². The van der Waals surface area contributed by atoms with Crippen LogP contribution >= 0.6 is 0 Å². The van der Waals surface area contributed by atoms with Crippen molar-refractivity contribution in [3.63, 3.8) is 0 Å². The fourth-order valence-electron chi connectivity index (χ4n) is 3.35. The summed E-state index contributed by atoms with van der Waals surface area (Å²) in [5, 5.41) is 0. The number of nitrogens with zero attached hydrogens (tertiary/aromatic N) is 2. The summed E-state index contributed by atoms with van der Waals surface area (Å²) in [5.74, 6) is -0.229. The van der Waals surface area contributed by atoms with E-state index < -0.39 is 6.04 Å². The number of methoxy groups -OCH3 is 1. The standard InChI is InChI=1S/C15H26N2O4/c1-11-5-4-6-12(2)17(11)14(18)9-16-7-8-21-10-13(16)15(19)20-3/h11-13H,4-10H2,1-3H3. The van der Waals surface area contributed by atoms with Crippen molar-refractivity contribution < 1.29 is 19.1 Å². The van der Waals surface area contributed by atoms with Crippen molar-refractivity contribution >= 4 is 11.9 Å². The number of morpholine rings is 1. The van der Waals surface area contributed by atoms with Gasteiger partial charge in [-0.3, -0.25) is 14.5 Å². The SMILES string of the molecule is COC(=O)C1COCCN1CC(=O)N1C(C)CCCC1C. The first kappa shape index (κ1) is 16.2. The van der Waals surface area contributed by atoms with Gasteiger partial charge in [0.05, 0.1) is 26.9 Å². The van der Waals surface area contributed by atoms with Gasteiger partial charge in [0.2, 0.25) is 5.91 Å². The van der Waals surface area contributed by atoms with Crippen LogP contribution in [0, 0.1) is 0 Å². The molecule has 120 valence electrons. The Hall–Kier alpha value is -1.14. The van der Waals surface area contributed by atoms with Crippen LogP contribution in [-0.4, -0.2) is 73.2 Å². The maximum absolute atomic E-state index is 12.6. The van der Waals surface area contributed by atoms with Crippen molar-refractivity contribution in [1.29, 1.82) is 0 Å². The van der Waals surface area contributed by atoms with Crippen LogP contribution in [-0.2, 0) is 19.1 Å². The first-order chi connectivity index (χ1) is 10.0. The Morgan fingerprint density at radius 1 is 1.24 bits per heavy atom. The number of rotatable bonds is 3. The molecule has 6 heteroatoms. The van der Waals surface area contributed by atoms with Gasteiger partial charge < -0.3 is 14.4 Å². The van der Waals surface area contributed by atoms with Crippen molar-refractivity contribution in [2.45, 2.75) is 51.2 Å². The molecule has 2 saturated heterocycles. The second-order valence-electron chi connectivity index (χ2n) is 6.01. The van der Waals surface area contributed by atoms with Gasteiger partial charge in [0, 0.05) is 18.6 Å². The number of ether oxygens (including phenoxy) is 2. The number of hydrogen-bond acceptors (Lipinski definition) is 5. The Balaban J connectivity index is 2.00. The molecule has 0 bridgehead atoms. The van der Waals surface area contributed by atoms with Gasteiger partial charge >= 0.3 is 5.97 Å². The molecule has 0 N–H and O–H groups in total. The monoisotopic (exact) mass is 298 g/mol. The molecular weight excluding hydrogens is 272 g/mol. The highest BCUT2D eigenvalue weighted by molar-refractivity contribution is 5.81. The molecule has 2 fully saturated rings. The first-order valence-corrected chi connectivity index (χ1v) is 7.75. The van der Waals surface area contributed by atoms with Crippen LogP contribution in [0.25, 0.3) is 0 Å². The van der Waals surface area contributed by atoms with E-state index in [1.165, 1.54) is 13.5 Å². The van der Waals surface area contributed by atoms with E-state index in [2.05, 4.69) is 13.8 Å². The van der Waals surface area contributed by atoms with Gasteiger partial charge in [-0.05, 0) is 33.1 Å². The van der Waals surface area contributed by atoms with E-state index in [9.17, 15) is 9.59 Å². The summed E-state index contributed by atoms with van der Waals surface area (Å²) in [6.07, 6.45) is 3.29. The largest absolute Gasteiger partial charge is 0.468 e. The third-order valence-corrected chi connectivity index (χ3v) is 4.53. The number of hydrogen-bond donors (Lipinski definition) is 0. The van der Waals surface area contributed by atoms with Gasteiger partial charge in [0.25, 0.3) is 0 Å². The lowest BCUT2D eigenvalue weighted by atomic mass is 9.97. The Labute approximate surface area is 126 Å². The lowest BCUT2D eigenvalue weighted by molar-refractivity contribution is -0.155. The molecule has 0 spiro atoms. The average molecular weight is 298 g/mol. The summed E-state index contributed by atoms with van der Waals surface area (Å²) < 4.78 is 10.1. The summed E-state index contributed by atoms with van der Waals surface area (Å²) in [5.41, 5.74) is 0. The molecular formula is C15H26N2O4. The first-order valence-electron chi connectivity index (χ1n) is 7.75. The molecule has 0 aromatic rings. The smallest absolute Gasteiger partial charge is 0.325 e. The summed E-state index contributed by atoms with van der Waals surface area (Å²) in [6.45, 7) is 5.90. The highest BCUT2D eigenvalue weighted by Crippen LogP contribution is 2.23. The predicted octanol–water partition coefficient (Wildman–Crippen LogP) is 0.650. The third kappa shape index (κ3) is 3.74. The number of carbonyl (C=O) groups excluding carboxylic acids is 2. The van der Waals surface area contributed by atoms with Crippen molar-refractivity contribution in [1.82, 2.24) is 9.80 Å². The number of piperidine rings is 1. The number of amides is 1. The predicted molar refractivity (Wildman–Crippen MR) is 77.8 cm³/mol. The molecule has 0 saturated carbocycles. The molecule has 6 nitrogen and oxygen atoms in total. The number of carbonyl (C=O) groups is 2. The molecule has 21 heavy (non-hydrogen) atoms. The maximum Gasteiger partial charge on any atom is 0.325 e. The molecule has 2 aliphatic heterocycles. The minimum atomic E-state index is -0.469. The van der Waals surface area contributed by atoms with Crippen molar-refractivity contribution in [3.05, 3.63) is 0 Å².